The van der Waals surface area contributed by atoms with Crippen LogP contribution in [-0.4, -0.2) is 38.1 Å². The van der Waals surface area contributed by atoms with Crippen LogP contribution in [0, 0.1) is 5.82 Å². The van der Waals surface area contributed by atoms with E-state index in [1.807, 2.05) is 4.90 Å². The van der Waals surface area contributed by atoms with Crippen molar-refractivity contribution < 1.29 is 45.1 Å². The number of carbonyl (C=O) groups excluding carboxylic acids is 2. The zero-order chi connectivity index (χ0) is 32.7. The standard InChI is InChI=1S/C30H25F7N4O3S/c1-44-23-7-4-18(41-9-8-16(38)14-41)12-20(23)28(43)40-27-19-5-2-15(29(32,33)34)10-24(19)45-25(27)13-26(42)39-17-3-6-22(31)21(11-17)30(35,36)37/h2-7,10-12,16H,8-9,13-14,38H2,1H3,(H,39,42)(H,40,43). The summed E-state index contributed by atoms with van der Waals surface area (Å²) in [5, 5.41) is 5.17. The first-order valence-electron chi connectivity index (χ1n) is 13.4. The van der Waals surface area contributed by atoms with Crippen molar-refractivity contribution in [3.8, 4) is 5.75 Å². The summed E-state index contributed by atoms with van der Waals surface area (Å²) in [6, 6.07) is 9.74. The predicted octanol–water partition coefficient (Wildman–Crippen LogP) is 7.06. The summed E-state index contributed by atoms with van der Waals surface area (Å²) in [7, 11) is 1.37. The first-order valence-corrected chi connectivity index (χ1v) is 14.2. The number of rotatable bonds is 7. The number of methoxy groups -OCH3 is 1. The minimum Gasteiger partial charge on any atom is -0.496 e. The lowest BCUT2D eigenvalue weighted by atomic mass is 10.1. The Morgan fingerprint density at radius 2 is 1.76 bits per heavy atom. The topological polar surface area (TPSA) is 96.7 Å². The molecule has 1 saturated heterocycles. The number of hydrogen-bond acceptors (Lipinski definition) is 6. The number of fused-ring (bicyclic) bond motifs is 1. The highest BCUT2D eigenvalue weighted by molar-refractivity contribution is 7.20. The highest BCUT2D eigenvalue weighted by atomic mass is 32.1. The fraction of sp³-hybridized carbons (Fsp3) is 0.267. The molecular weight excluding hydrogens is 629 g/mol. The number of nitrogens with two attached hydrogens (primary N) is 1. The summed E-state index contributed by atoms with van der Waals surface area (Å²) >= 11 is 0.805. The maximum atomic E-state index is 13.7. The highest BCUT2D eigenvalue weighted by Crippen LogP contribution is 2.41. The number of benzene rings is 3. The maximum Gasteiger partial charge on any atom is 0.419 e. The lowest BCUT2D eigenvalue weighted by molar-refractivity contribution is -0.140. The van der Waals surface area contributed by atoms with Crippen molar-refractivity contribution >= 4 is 50.3 Å². The summed E-state index contributed by atoms with van der Waals surface area (Å²) in [6.45, 7) is 1.24. The summed E-state index contributed by atoms with van der Waals surface area (Å²) in [5.74, 6) is -2.83. The third kappa shape index (κ3) is 6.99. The Morgan fingerprint density at radius 1 is 1.00 bits per heavy atom. The van der Waals surface area contributed by atoms with Crippen LogP contribution in [0.1, 0.15) is 32.8 Å². The first-order chi connectivity index (χ1) is 21.1. The molecule has 1 atom stereocenters. The monoisotopic (exact) mass is 654 g/mol. The summed E-state index contributed by atoms with van der Waals surface area (Å²) < 4.78 is 99.1. The second kappa shape index (κ2) is 12.2. The van der Waals surface area contributed by atoms with Gasteiger partial charge < -0.3 is 26.0 Å². The van der Waals surface area contributed by atoms with Gasteiger partial charge in [-0.2, -0.15) is 26.3 Å². The van der Waals surface area contributed by atoms with E-state index in [1.54, 1.807) is 18.2 Å². The van der Waals surface area contributed by atoms with Gasteiger partial charge in [0.2, 0.25) is 5.91 Å². The van der Waals surface area contributed by atoms with Gasteiger partial charge in [0.15, 0.2) is 0 Å². The Labute approximate surface area is 255 Å². The molecule has 3 aromatic carbocycles. The second-order valence-corrected chi connectivity index (χ2v) is 11.5. The Balaban J connectivity index is 1.48. The van der Waals surface area contributed by atoms with Gasteiger partial charge in [0.1, 0.15) is 11.6 Å². The molecule has 1 aliphatic heterocycles. The average Bonchev–Trinajstić information content (AvgIpc) is 3.55. The van der Waals surface area contributed by atoms with Gasteiger partial charge in [-0.05, 0) is 55.0 Å². The fourth-order valence-electron chi connectivity index (χ4n) is 5.03. The van der Waals surface area contributed by atoms with Gasteiger partial charge in [0, 0.05) is 45.5 Å². The quantitative estimate of drug-likeness (QED) is 0.186. The molecule has 0 radical (unpaired) electrons. The van der Waals surface area contributed by atoms with Crippen molar-refractivity contribution in [2.24, 2.45) is 5.73 Å². The van der Waals surface area contributed by atoms with E-state index >= 15 is 0 Å². The zero-order valence-corrected chi connectivity index (χ0v) is 24.2. The van der Waals surface area contributed by atoms with Gasteiger partial charge in [-0.3, -0.25) is 9.59 Å². The number of alkyl halides is 6. The van der Waals surface area contributed by atoms with E-state index in [2.05, 4.69) is 10.6 Å². The van der Waals surface area contributed by atoms with Crippen LogP contribution in [-0.2, 0) is 23.6 Å². The normalized spacial score (nSPS) is 15.4. The molecular formula is C30H25F7N4O3S. The van der Waals surface area contributed by atoms with Crippen LogP contribution in [0.4, 0.5) is 47.8 Å². The molecule has 2 heterocycles. The minimum atomic E-state index is -5.01. The molecule has 0 saturated carbocycles. The van der Waals surface area contributed by atoms with Crippen LogP contribution in [0.3, 0.4) is 0 Å². The highest BCUT2D eigenvalue weighted by Gasteiger charge is 2.35. The van der Waals surface area contributed by atoms with Gasteiger partial charge >= 0.3 is 12.4 Å². The van der Waals surface area contributed by atoms with Gasteiger partial charge in [-0.25, -0.2) is 4.39 Å². The Kier molecular flexibility index (Phi) is 8.68. The smallest absolute Gasteiger partial charge is 0.419 e. The largest absolute Gasteiger partial charge is 0.496 e. The van der Waals surface area contributed by atoms with Gasteiger partial charge in [-0.15, -0.1) is 11.3 Å². The van der Waals surface area contributed by atoms with Crippen LogP contribution < -0.4 is 26.0 Å². The van der Waals surface area contributed by atoms with Crippen LogP contribution in [0.2, 0.25) is 0 Å². The molecule has 4 N–H and O–H groups in total. The van der Waals surface area contributed by atoms with E-state index in [4.69, 9.17) is 10.5 Å². The summed E-state index contributed by atoms with van der Waals surface area (Å²) in [5.41, 5.74) is 4.01. The van der Waals surface area contributed by atoms with Crippen molar-refractivity contribution in [3.05, 3.63) is 82.0 Å². The summed E-state index contributed by atoms with van der Waals surface area (Å²) in [6.07, 6.45) is -9.44. The molecule has 15 heteroatoms. The third-order valence-electron chi connectivity index (χ3n) is 7.22. The predicted molar refractivity (Wildman–Crippen MR) is 156 cm³/mol. The van der Waals surface area contributed by atoms with Gasteiger partial charge in [0.05, 0.1) is 35.9 Å². The maximum absolute atomic E-state index is 13.7. The Morgan fingerprint density at radius 3 is 2.40 bits per heavy atom. The van der Waals surface area contributed by atoms with Crippen molar-refractivity contribution in [1.29, 1.82) is 0 Å². The van der Waals surface area contributed by atoms with Crippen molar-refractivity contribution in [2.45, 2.75) is 31.2 Å². The number of halogens is 7. The second-order valence-electron chi connectivity index (χ2n) is 10.4. The number of ether oxygens (including phenoxy) is 1. The van der Waals surface area contributed by atoms with E-state index in [0.29, 0.717) is 30.9 Å². The van der Waals surface area contributed by atoms with E-state index < -0.39 is 47.5 Å². The molecule has 1 aromatic heterocycles. The zero-order valence-electron chi connectivity index (χ0n) is 23.4. The number of nitrogens with one attached hydrogen (secondary N) is 2. The number of hydrogen-bond donors (Lipinski definition) is 3. The van der Waals surface area contributed by atoms with Crippen LogP contribution in [0.25, 0.3) is 10.1 Å². The molecule has 45 heavy (non-hydrogen) atoms. The van der Waals surface area contributed by atoms with Crippen LogP contribution in [0.5, 0.6) is 5.75 Å². The molecule has 1 unspecified atom stereocenters. The van der Waals surface area contributed by atoms with Gasteiger partial charge in [0.25, 0.3) is 5.91 Å². The number of carbonyl (C=O) groups is 2. The molecule has 1 fully saturated rings. The molecule has 2 amide bonds. The number of thiophene rings is 1. The molecule has 0 aliphatic carbocycles. The third-order valence-corrected chi connectivity index (χ3v) is 8.38. The molecule has 238 valence electrons. The van der Waals surface area contributed by atoms with Crippen LogP contribution in [0.15, 0.2) is 54.6 Å². The average molecular weight is 655 g/mol. The number of amides is 2. The van der Waals surface area contributed by atoms with Crippen molar-refractivity contribution in [3.63, 3.8) is 0 Å². The Bertz CT molecular complexity index is 1770. The van der Waals surface area contributed by atoms with E-state index in [1.165, 1.54) is 13.2 Å². The van der Waals surface area contributed by atoms with Crippen molar-refractivity contribution in [2.75, 3.05) is 35.7 Å². The van der Waals surface area contributed by atoms with E-state index in [0.717, 1.165) is 36.0 Å². The molecule has 5 rings (SSSR count). The van der Waals surface area contributed by atoms with Gasteiger partial charge in [-0.1, -0.05) is 6.07 Å². The molecule has 4 aromatic rings. The molecule has 0 spiro atoms. The SMILES string of the molecule is COc1ccc(N2CCC(N)C2)cc1C(=O)Nc1c(CC(=O)Nc2ccc(F)c(C(F)(F)F)c2)sc2cc(C(F)(F)F)ccc12. The lowest BCUT2D eigenvalue weighted by Gasteiger charge is -2.20. The fourth-order valence-corrected chi connectivity index (χ4v) is 6.23. The van der Waals surface area contributed by atoms with Crippen LogP contribution >= 0.6 is 11.3 Å². The van der Waals surface area contributed by atoms with E-state index in [9.17, 15) is 40.3 Å². The molecule has 0 bridgehead atoms. The van der Waals surface area contributed by atoms with E-state index in [-0.39, 0.29) is 43.7 Å². The minimum absolute atomic E-state index is 0.0354. The molecule has 7 nitrogen and oxygen atoms in total. The lowest BCUT2D eigenvalue weighted by Crippen LogP contribution is -2.26. The summed E-state index contributed by atoms with van der Waals surface area (Å²) in [4.78, 5) is 28.7. The number of nitrogens with zero attached hydrogens (tertiary/aromatic N) is 1. The number of anilines is 3. The molecule has 1 aliphatic rings. The first kappa shape index (κ1) is 32.0. The Hall–Kier alpha value is -4.37. The van der Waals surface area contributed by atoms with Crippen molar-refractivity contribution in [1.82, 2.24) is 0 Å².